The van der Waals surface area contributed by atoms with Crippen LogP contribution in [0.5, 0.6) is 0 Å². The van der Waals surface area contributed by atoms with Crippen LogP contribution in [0, 0.1) is 35.5 Å². The third kappa shape index (κ3) is 5.37. The average molecular weight is 337 g/mol. The van der Waals surface area contributed by atoms with Crippen molar-refractivity contribution in [2.75, 3.05) is 0 Å². The summed E-state index contributed by atoms with van der Waals surface area (Å²) in [6.45, 7) is 4.54. The Labute approximate surface area is 155 Å². The molecule has 0 aromatic heterocycles. The summed E-state index contributed by atoms with van der Waals surface area (Å²) in [5.41, 5.74) is 2.59. The first-order chi connectivity index (χ1) is 12.3. The van der Waals surface area contributed by atoms with Crippen molar-refractivity contribution >= 4 is 0 Å². The molecule has 0 atom stereocenters. The second-order valence-electron chi connectivity index (χ2n) is 8.50. The van der Waals surface area contributed by atoms with E-state index in [0.717, 1.165) is 24.2 Å². The molecule has 136 valence electrons. The van der Waals surface area contributed by atoms with Crippen molar-refractivity contribution in [3.8, 4) is 11.8 Å². The molecule has 0 nitrogen and oxygen atoms in total. The molecule has 0 aliphatic heterocycles. The number of aryl methyl sites for hydroxylation is 1. The van der Waals surface area contributed by atoms with Crippen molar-refractivity contribution in [1.29, 1.82) is 0 Å². The van der Waals surface area contributed by atoms with E-state index < -0.39 is 0 Å². The van der Waals surface area contributed by atoms with Crippen LogP contribution in [-0.4, -0.2) is 0 Å². The minimum Gasteiger partial charge on any atom is -0.0945 e. The summed E-state index contributed by atoms with van der Waals surface area (Å²) in [6, 6.07) is 8.81. The van der Waals surface area contributed by atoms with Gasteiger partial charge in [0.1, 0.15) is 0 Å². The second kappa shape index (κ2) is 9.47. The Kier molecular flexibility index (Phi) is 7.03. The van der Waals surface area contributed by atoms with Crippen LogP contribution in [0.15, 0.2) is 24.3 Å². The summed E-state index contributed by atoms with van der Waals surface area (Å²) in [4.78, 5) is 0. The molecule has 0 heterocycles. The monoisotopic (exact) mass is 336 g/mol. The molecule has 0 heteroatoms. The molecular formula is C25H36. The Bertz CT molecular complexity index is 554. The molecule has 1 aromatic carbocycles. The molecule has 0 radical (unpaired) electrons. The fraction of sp³-hybridized carbons (Fsp3) is 0.680. The smallest absolute Gasteiger partial charge is 0.0245 e. The van der Waals surface area contributed by atoms with Gasteiger partial charge in [-0.1, -0.05) is 63.5 Å². The molecule has 0 N–H and O–H groups in total. The highest BCUT2D eigenvalue weighted by Gasteiger charge is 2.30. The molecule has 2 saturated carbocycles. The molecule has 0 amide bonds. The van der Waals surface area contributed by atoms with Gasteiger partial charge in [0, 0.05) is 11.5 Å². The van der Waals surface area contributed by atoms with E-state index in [1.165, 1.54) is 75.3 Å². The van der Waals surface area contributed by atoms with Crippen LogP contribution in [0.25, 0.3) is 0 Å². The van der Waals surface area contributed by atoms with Crippen LogP contribution in [0.4, 0.5) is 0 Å². The quantitative estimate of drug-likeness (QED) is 0.518. The van der Waals surface area contributed by atoms with Crippen LogP contribution < -0.4 is 0 Å². The van der Waals surface area contributed by atoms with E-state index in [9.17, 15) is 0 Å². The topological polar surface area (TPSA) is 0 Å². The maximum absolute atomic E-state index is 3.57. The van der Waals surface area contributed by atoms with Crippen LogP contribution in [-0.2, 0) is 6.42 Å². The Morgan fingerprint density at radius 1 is 0.800 bits per heavy atom. The van der Waals surface area contributed by atoms with Gasteiger partial charge in [-0.3, -0.25) is 0 Å². The zero-order chi connectivity index (χ0) is 17.5. The molecule has 3 rings (SSSR count). The van der Waals surface area contributed by atoms with Gasteiger partial charge in [0.2, 0.25) is 0 Å². The zero-order valence-corrected chi connectivity index (χ0v) is 16.4. The summed E-state index contributed by atoms with van der Waals surface area (Å²) in [5.74, 6) is 10.7. The normalized spacial score (nSPS) is 29.7. The lowest BCUT2D eigenvalue weighted by Gasteiger charge is -2.37. The van der Waals surface area contributed by atoms with E-state index in [2.05, 4.69) is 50.0 Å². The minimum atomic E-state index is 0.638. The van der Waals surface area contributed by atoms with Crippen LogP contribution in [0.2, 0.25) is 0 Å². The Morgan fingerprint density at radius 3 is 1.96 bits per heavy atom. The summed E-state index contributed by atoms with van der Waals surface area (Å²) in [5, 5.41) is 0. The van der Waals surface area contributed by atoms with E-state index in [1.807, 2.05) is 0 Å². The van der Waals surface area contributed by atoms with Crippen molar-refractivity contribution in [1.82, 2.24) is 0 Å². The Morgan fingerprint density at radius 2 is 1.40 bits per heavy atom. The van der Waals surface area contributed by atoms with E-state index >= 15 is 0 Å². The molecule has 1 aromatic rings. The van der Waals surface area contributed by atoms with E-state index in [1.54, 1.807) is 0 Å². The first-order valence-electron chi connectivity index (χ1n) is 10.9. The third-order valence-corrected chi connectivity index (χ3v) is 6.81. The molecule has 0 bridgehead atoms. The highest BCUT2D eigenvalue weighted by atomic mass is 14.3. The number of benzene rings is 1. The highest BCUT2D eigenvalue weighted by Crippen LogP contribution is 2.42. The molecule has 0 spiro atoms. The van der Waals surface area contributed by atoms with Crippen LogP contribution in [0.1, 0.15) is 89.2 Å². The van der Waals surface area contributed by atoms with Crippen molar-refractivity contribution in [2.45, 2.75) is 84.5 Å². The van der Waals surface area contributed by atoms with Crippen LogP contribution >= 0.6 is 0 Å². The molecule has 2 fully saturated rings. The van der Waals surface area contributed by atoms with Gasteiger partial charge in [0.05, 0.1) is 0 Å². The highest BCUT2D eigenvalue weighted by molar-refractivity contribution is 5.36. The lowest BCUT2D eigenvalue weighted by atomic mass is 9.69. The number of hydrogen-bond acceptors (Lipinski definition) is 0. The van der Waals surface area contributed by atoms with Crippen molar-refractivity contribution in [3.63, 3.8) is 0 Å². The van der Waals surface area contributed by atoms with Gasteiger partial charge >= 0.3 is 0 Å². The predicted molar refractivity (Wildman–Crippen MR) is 109 cm³/mol. The van der Waals surface area contributed by atoms with Gasteiger partial charge < -0.3 is 0 Å². The molecular weight excluding hydrogens is 300 g/mol. The van der Waals surface area contributed by atoms with E-state index in [-0.39, 0.29) is 0 Å². The van der Waals surface area contributed by atoms with Gasteiger partial charge in [0.25, 0.3) is 0 Å². The summed E-state index contributed by atoms with van der Waals surface area (Å²) >= 11 is 0. The Balaban J connectivity index is 1.44. The Hall–Kier alpha value is -1.22. The lowest BCUT2D eigenvalue weighted by molar-refractivity contribution is 0.154. The predicted octanol–water partition coefficient (Wildman–Crippen LogP) is 7.01. The average Bonchev–Trinajstić information content (AvgIpc) is 2.68. The second-order valence-corrected chi connectivity index (χ2v) is 8.50. The van der Waals surface area contributed by atoms with Crippen LogP contribution in [0.3, 0.4) is 0 Å². The molecule has 2 aliphatic rings. The van der Waals surface area contributed by atoms with Crippen molar-refractivity contribution in [2.24, 2.45) is 23.7 Å². The van der Waals surface area contributed by atoms with Gasteiger partial charge in [-0.15, -0.1) is 0 Å². The first kappa shape index (κ1) is 18.6. The number of hydrogen-bond donors (Lipinski definition) is 0. The van der Waals surface area contributed by atoms with Crippen molar-refractivity contribution < 1.29 is 0 Å². The van der Waals surface area contributed by atoms with E-state index in [4.69, 9.17) is 0 Å². The van der Waals surface area contributed by atoms with Crippen molar-refractivity contribution in [3.05, 3.63) is 35.4 Å². The zero-order valence-electron chi connectivity index (χ0n) is 16.4. The fourth-order valence-electron chi connectivity index (χ4n) is 5.10. The molecule has 2 aliphatic carbocycles. The maximum atomic E-state index is 3.57. The summed E-state index contributed by atoms with van der Waals surface area (Å²) < 4.78 is 0. The standard InChI is InChI=1S/C25H36/c1-3-5-21-12-16-24(17-13-21)25-18-14-23(15-19-25)11-10-22-8-6-20(4-2)7-9-22/h6-9,21,23-25H,3-5,12-19H2,1-2H3/t21-,23?,24-,25?. The summed E-state index contributed by atoms with van der Waals surface area (Å²) in [6.07, 6.45) is 15.5. The molecule has 25 heavy (non-hydrogen) atoms. The molecule has 0 saturated heterocycles. The minimum absolute atomic E-state index is 0.638. The molecule has 0 unspecified atom stereocenters. The van der Waals surface area contributed by atoms with Gasteiger partial charge in [0.15, 0.2) is 0 Å². The van der Waals surface area contributed by atoms with Gasteiger partial charge in [-0.25, -0.2) is 0 Å². The third-order valence-electron chi connectivity index (χ3n) is 6.81. The van der Waals surface area contributed by atoms with E-state index in [0.29, 0.717) is 5.92 Å². The SMILES string of the molecule is CCC[C@H]1CC[C@H](C2CCC(C#Cc3ccc(CC)cc3)CC2)CC1. The number of rotatable bonds is 4. The first-order valence-corrected chi connectivity index (χ1v) is 10.9. The van der Waals surface area contributed by atoms with Gasteiger partial charge in [-0.05, 0) is 80.4 Å². The fourth-order valence-corrected chi connectivity index (χ4v) is 5.10. The largest absolute Gasteiger partial charge is 0.0945 e. The van der Waals surface area contributed by atoms with Gasteiger partial charge in [-0.2, -0.15) is 0 Å². The summed E-state index contributed by atoms with van der Waals surface area (Å²) in [7, 11) is 0. The lowest BCUT2D eigenvalue weighted by Crippen LogP contribution is -2.25. The maximum Gasteiger partial charge on any atom is 0.0245 e.